The van der Waals surface area contributed by atoms with E-state index in [0.717, 1.165) is 12.8 Å². The summed E-state index contributed by atoms with van der Waals surface area (Å²) in [6.07, 6.45) is 0.934. The van der Waals surface area contributed by atoms with E-state index < -0.39 is 30.0 Å². The van der Waals surface area contributed by atoms with Crippen LogP contribution in [0.15, 0.2) is 4.99 Å². The summed E-state index contributed by atoms with van der Waals surface area (Å²) in [6.45, 7) is 4.05. The monoisotopic (exact) mass is 286 g/mol. The number of hydrogen-bond donors (Lipinski definition) is 5. The number of rotatable bonds is 6. The smallest absolute Gasteiger partial charge is 0.309 e. The fourth-order valence-electron chi connectivity index (χ4n) is 3.26. The molecular formula is C13H26N4O3. The van der Waals surface area contributed by atoms with Crippen LogP contribution in [0.5, 0.6) is 0 Å². The predicted molar refractivity (Wildman–Crippen MR) is 76.9 cm³/mol. The highest BCUT2D eigenvalue weighted by Gasteiger charge is 2.49. The van der Waals surface area contributed by atoms with E-state index in [1.807, 2.05) is 13.8 Å². The van der Waals surface area contributed by atoms with Gasteiger partial charge in [0.05, 0.1) is 18.1 Å². The molecule has 1 fully saturated rings. The van der Waals surface area contributed by atoms with Crippen molar-refractivity contribution in [2.45, 2.75) is 51.3 Å². The van der Waals surface area contributed by atoms with Crippen molar-refractivity contribution in [2.75, 3.05) is 0 Å². The second-order valence-electron chi connectivity index (χ2n) is 5.52. The fourth-order valence-corrected chi connectivity index (χ4v) is 3.26. The topological polar surface area (TPSA) is 148 Å². The van der Waals surface area contributed by atoms with Crippen LogP contribution in [-0.4, -0.2) is 40.3 Å². The van der Waals surface area contributed by atoms with Crippen LogP contribution < -0.4 is 17.2 Å². The summed E-state index contributed by atoms with van der Waals surface area (Å²) in [5.41, 5.74) is 17.1. The van der Waals surface area contributed by atoms with E-state index in [1.165, 1.54) is 0 Å². The third kappa shape index (κ3) is 3.40. The predicted octanol–water partition coefficient (Wildman–Crippen LogP) is -0.526. The minimum Gasteiger partial charge on any atom is -0.481 e. The molecule has 0 aliphatic heterocycles. The molecule has 0 heterocycles. The summed E-state index contributed by atoms with van der Waals surface area (Å²) in [5.74, 6) is -2.22. The Hall–Kier alpha value is -1.34. The molecule has 1 aliphatic rings. The molecule has 8 N–H and O–H groups in total. The van der Waals surface area contributed by atoms with Crippen molar-refractivity contribution in [3.8, 4) is 0 Å². The third-order valence-corrected chi connectivity index (χ3v) is 4.42. The first-order chi connectivity index (χ1) is 9.33. The van der Waals surface area contributed by atoms with E-state index in [9.17, 15) is 15.0 Å². The van der Waals surface area contributed by atoms with Gasteiger partial charge in [-0.05, 0) is 12.3 Å². The highest BCUT2D eigenvalue weighted by atomic mass is 16.4. The van der Waals surface area contributed by atoms with Crippen molar-refractivity contribution < 1.29 is 15.0 Å². The molecule has 0 unspecified atom stereocenters. The Balaban J connectivity index is 3.03. The van der Waals surface area contributed by atoms with E-state index in [2.05, 4.69) is 4.99 Å². The van der Waals surface area contributed by atoms with Crippen LogP contribution in [0.1, 0.15) is 33.1 Å². The molecule has 20 heavy (non-hydrogen) atoms. The number of aliphatic hydroxyl groups excluding tert-OH is 1. The number of carboxylic acids is 1. The van der Waals surface area contributed by atoms with Gasteiger partial charge >= 0.3 is 5.97 Å². The van der Waals surface area contributed by atoms with Gasteiger partial charge in [-0.15, -0.1) is 0 Å². The molecule has 7 nitrogen and oxygen atoms in total. The molecule has 1 rings (SSSR count). The molecule has 1 saturated carbocycles. The van der Waals surface area contributed by atoms with Gasteiger partial charge in [0, 0.05) is 12.0 Å². The number of nitrogens with two attached hydrogens (primary N) is 3. The van der Waals surface area contributed by atoms with Gasteiger partial charge < -0.3 is 27.4 Å². The molecule has 0 bridgehead atoms. The van der Waals surface area contributed by atoms with Crippen molar-refractivity contribution in [3.63, 3.8) is 0 Å². The van der Waals surface area contributed by atoms with Crippen LogP contribution in [0, 0.1) is 17.8 Å². The molecule has 5 atom stereocenters. The van der Waals surface area contributed by atoms with Crippen LogP contribution in [-0.2, 0) is 4.79 Å². The van der Waals surface area contributed by atoms with E-state index in [1.54, 1.807) is 0 Å². The van der Waals surface area contributed by atoms with E-state index >= 15 is 0 Å². The maximum Gasteiger partial charge on any atom is 0.309 e. The maximum atomic E-state index is 11.2. The maximum absolute atomic E-state index is 11.2. The third-order valence-electron chi connectivity index (χ3n) is 4.42. The Morgan fingerprint density at radius 1 is 1.35 bits per heavy atom. The molecule has 0 saturated heterocycles. The van der Waals surface area contributed by atoms with Crippen molar-refractivity contribution in [1.29, 1.82) is 0 Å². The standard InChI is InChI=1S/C13H26N4O3/c1-3-6(4-2)10(14)9-8(17-13(15)16)5-7(11(9)18)12(19)20/h6-11,18H,3-5,14H2,1-2H3,(H,19,20)(H4,15,16,17)/t7-,8+,9+,10+,11+/m0/s1. The summed E-state index contributed by atoms with van der Waals surface area (Å²) >= 11 is 0. The Labute approximate surface area is 119 Å². The average Bonchev–Trinajstić information content (AvgIpc) is 2.66. The highest BCUT2D eigenvalue weighted by Crippen LogP contribution is 2.38. The van der Waals surface area contributed by atoms with Gasteiger partial charge in [-0.25, -0.2) is 4.99 Å². The SMILES string of the molecule is CCC(CC)[C@@H](N)[C@@H]1[C@H](O)[C@@H](C(=O)O)C[C@H]1N=C(N)N. The fraction of sp³-hybridized carbons (Fsp3) is 0.846. The van der Waals surface area contributed by atoms with Crippen molar-refractivity contribution in [1.82, 2.24) is 0 Å². The van der Waals surface area contributed by atoms with Gasteiger partial charge in [0.2, 0.25) is 0 Å². The lowest BCUT2D eigenvalue weighted by Crippen LogP contribution is -2.46. The van der Waals surface area contributed by atoms with Crippen molar-refractivity contribution >= 4 is 11.9 Å². The minimum absolute atomic E-state index is 0.102. The lowest BCUT2D eigenvalue weighted by atomic mass is 9.81. The number of guanidine groups is 1. The molecule has 0 aromatic heterocycles. The molecular weight excluding hydrogens is 260 g/mol. The van der Waals surface area contributed by atoms with Gasteiger partial charge in [0.1, 0.15) is 0 Å². The Kier molecular flexibility index (Phi) is 5.76. The molecule has 0 amide bonds. The highest BCUT2D eigenvalue weighted by molar-refractivity contribution is 5.76. The van der Waals surface area contributed by atoms with Crippen molar-refractivity contribution in [3.05, 3.63) is 0 Å². The zero-order valence-corrected chi connectivity index (χ0v) is 12.1. The van der Waals surface area contributed by atoms with Crippen LogP contribution >= 0.6 is 0 Å². The molecule has 0 radical (unpaired) electrons. The quantitative estimate of drug-likeness (QED) is 0.327. The number of carboxylic acid groups (broad SMARTS) is 1. The second-order valence-corrected chi connectivity index (χ2v) is 5.52. The number of nitrogens with zero attached hydrogens (tertiary/aromatic N) is 1. The van der Waals surface area contributed by atoms with Gasteiger partial charge in [-0.2, -0.15) is 0 Å². The van der Waals surface area contributed by atoms with Gasteiger partial charge in [-0.3, -0.25) is 4.79 Å². The van der Waals surface area contributed by atoms with Gasteiger partial charge in [-0.1, -0.05) is 26.7 Å². The summed E-state index contributed by atoms with van der Waals surface area (Å²) in [5, 5.41) is 19.5. The van der Waals surface area contributed by atoms with E-state index in [0.29, 0.717) is 0 Å². The average molecular weight is 286 g/mol. The summed E-state index contributed by atoms with van der Waals surface area (Å²) in [6, 6.07) is -0.760. The number of aliphatic hydroxyl groups is 1. The van der Waals surface area contributed by atoms with Gasteiger partial charge in [0.15, 0.2) is 5.96 Å². The van der Waals surface area contributed by atoms with Crippen LogP contribution in [0.4, 0.5) is 0 Å². The zero-order valence-electron chi connectivity index (χ0n) is 12.1. The minimum atomic E-state index is -1.03. The zero-order chi connectivity index (χ0) is 15.4. The molecule has 7 heteroatoms. The van der Waals surface area contributed by atoms with Crippen molar-refractivity contribution in [2.24, 2.45) is 39.9 Å². The van der Waals surface area contributed by atoms with Crippen LogP contribution in [0.3, 0.4) is 0 Å². The van der Waals surface area contributed by atoms with E-state index in [4.69, 9.17) is 17.2 Å². The summed E-state index contributed by atoms with van der Waals surface area (Å²) in [4.78, 5) is 15.3. The Bertz CT molecular complexity index is 367. The summed E-state index contributed by atoms with van der Waals surface area (Å²) < 4.78 is 0. The van der Waals surface area contributed by atoms with Crippen LogP contribution in [0.2, 0.25) is 0 Å². The van der Waals surface area contributed by atoms with Crippen LogP contribution in [0.25, 0.3) is 0 Å². The normalized spacial score (nSPS) is 31.2. The second kappa shape index (κ2) is 6.90. The first-order valence-electron chi connectivity index (χ1n) is 7.08. The van der Waals surface area contributed by atoms with E-state index in [-0.39, 0.29) is 24.3 Å². The first-order valence-corrected chi connectivity index (χ1v) is 7.08. The largest absolute Gasteiger partial charge is 0.481 e. The lowest BCUT2D eigenvalue weighted by molar-refractivity contribution is -0.145. The molecule has 116 valence electrons. The molecule has 0 spiro atoms. The Morgan fingerprint density at radius 3 is 2.30 bits per heavy atom. The molecule has 1 aliphatic carbocycles. The molecule has 0 aromatic rings. The summed E-state index contributed by atoms with van der Waals surface area (Å²) in [7, 11) is 0. The number of aliphatic imine (C=N–C) groups is 1. The number of aliphatic carboxylic acids is 1. The molecule has 0 aromatic carbocycles. The lowest BCUT2D eigenvalue weighted by Gasteiger charge is -2.32. The van der Waals surface area contributed by atoms with Gasteiger partial charge in [0.25, 0.3) is 0 Å². The number of carbonyl (C=O) groups is 1. The Morgan fingerprint density at radius 2 is 1.90 bits per heavy atom. The number of hydrogen-bond acceptors (Lipinski definition) is 4. The first kappa shape index (κ1) is 16.7.